The van der Waals surface area contributed by atoms with Crippen LogP contribution in [0.4, 0.5) is 0 Å². The number of amides is 1. The van der Waals surface area contributed by atoms with E-state index in [0.717, 1.165) is 0 Å². The van der Waals surface area contributed by atoms with E-state index in [4.69, 9.17) is 5.11 Å². The van der Waals surface area contributed by atoms with E-state index in [1.807, 2.05) is 0 Å². The number of hydrogen-bond acceptors (Lipinski definition) is 6. The number of tetrazole rings is 1. The maximum atomic E-state index is 11.6. The van der Waals surface area contributed by atoms with E-state index >= 15 is 0 Å². The van der Waals surface area contributed by atoms with Crippen LogP contribution < -0.4 is 0 Å². The van der Waals surface area contributed by atoms with Gasteiger partial charge in [-0.25, -0.2) is 4.68 Å². The first-order valence-corrected chi connectivity index (χ1v) is 6.42. The molecule has 1 N–H and O–H groups in total. The monoisotopic (exact) mass is 271 g/mol. The van der Waals surface area contributed by atoms with Crippen molar-refractivity contribution in [2.24, 2.45) is 13.0 Å². The summed E-state index contributed by atoms with van der Waals surface area (Å²) in [5, 5.41) is 20.5. The summed E-state index contributed by atoms with van der Waals surface area (Å²) >= 11 is 1.44. The lowest BCUT2D eigenvalue weighted by Crippen LogP contribution is -2.28. The maximum Gasteiger partial charge on any atom is 0.308 e. The molecule has 1 atom stereocenters. The molecule has 9 heteroatoms. The van der Waals surface area contributed by atoms with Crippen molar-refractivity contribution in [2.75, 3.05) is 18.8 Å². The molecule has 2 heterocycles. The van der Waals surface area contributed by atoms with Crippen molar-refractivity contribution in [3.63, 3.8) is 0 Å². The van der Waals surface area contributed by atoms with Gasteiger partial charge in [0, 0.05) is 32.3 Å². The third-order valence-corrected chi connectivity index (χ3v) is 3.73. The van der Waals surface area contributed by atoms with Crippen LogP contribution in [0.2, 0.25) is 0 Å². The predicted octanol–water partition coefficient (Wildman–Crippen LogP) is -0.765. The van der Waals surface area contributed by atoms with Crippen molar-refractivity contribution in [3.05, 3.63) is 0 Å². The molecule has 0 spiro atoms. The second-order valence-corrected chi connectivity index (χ2v) is 5.07. The van der Waals surface area contributed by atoms with Gasteiger partial charge in [0.05, 0.1) is 5.92 Å². The zero-order chi connectivity index (χ0) is 13.1. The topological polar surface area (TPSA) is 101 Å². The summed E-state index contributed by atoms with van der Waals surface area (Å²) in [7, 11) is 1.74. The second kappa shape index (κ2) is 5.34. The van der Waals surface area contributed by atoms with E-state index in [1.54, 1.807) is 16.6 Å². The van der Waals surface area contributed by atoms with Crippen LogP contribution in [0, 0.1) is 5.92 Å². The van der Waals surface area contributed by atoms with E-state index in [1.165, 1.54) is 11.8 Å². The van der Waals surface area contributed by atoms with Gasteiger partial charge in [0.1, 0.15) is 0 Å². The standard InChI is InChI=1S/C9H13N5O3S/c1-13-9(10-11-12-13)18-3-2-14-5-6(8(16)17)4-7(14)15/h6H,2-5H2,1H3,(H,16,17)/t6-/m0/s1. The van der Waals surface area contributed by atoms with Crippen LogP contribution >= 0.6 is 11.8 Å². The molecule has 2 rings (SSSR count). The number of carbonyl (C=O) groups excluding carboxylic acids is 1. The number of carbonyl (C=O) groups is 2. The number of hydrogen-bond donors (Lipinski definition) is 1. The summed E-state index contributed by atoms with van der Waals surface area (Å²) in [6, 6.07) is 0. The van der Waals surface area contributed by atoms with Crippen molar-refractivity contribution in [1.82, 2.24) is 25.1 Å². The molecular formula is C9H13N5O3S. The Labute approximate surface area is 107 Å². The average molecular weight is 271 g/mol. The van der Waals surface area contributed by atoms with Crippen molar-refractivity contribution < 1.29 is 14.7 Å². The Morgan fingerprint density at radius 3 is 2.94 bits per heavy atom. The number of thioether (sulfide) groups is 1. The zero-order valence-electron chi connectivity index (χ0n) is 9.81. The molecule has 0 aliphatic carbocycles. The van der Waals surface area contributed by atoms with Gasteiger partial charge < -0.3 is 10.0 Å². The summed E-state index contributed by atoms with van der Waals surface area (Å²) in [6.45, 7) is 0.811. The highest BCUT2D eigenvalue weighted by atomic mass is 32.2. The third kappa shape index (κ3) is 2.78. The Balaban J connectivity index is 1.79. The Hall–Kier alpha value is -1.64. The molecule has 0 radical (unpaired) electrons. The Kier molecular flexibility index (Phi) is 3.80. The third-order valence-electron chi connectivity index (χ3n) is 2.74. The van der Waals surface area contributed by atoms with E-state index in [2.05, 4.69) is 15.5 Å². The maximum absolute atomic E-state index is 11.6. The first kappa shape index (κ1) is 12.8. The SMILES string of the molecule is Cn1nnnc1SCCN1C[C@@H](C(=O)O)CC1=O. The molecule has 1 aromatic heterocycles. The number of rotatable bonds is 5. The van der Waals surface area contributed by atoms with Gasteiger partial charge in [-0.15, -0.1) is 5.10 Å². The van der Waals surface area contributed by atoms with Crippen molar-refractivity contribution in [3.8, 4) is 0 Å². The minimum absolute atomic E-state index is 0.0981. The lowest BCUT2D eigenvalue weighted by atomic mass is 10.1. The molecule has 0 aromatic carbocycles. The lowest BCUT2D eigenvalue weighted by Gasteiger charge is -2.14. The van der Waals surface area contributed by atoms with Crippen molar-refractivity contribution >= 4 is 23.6 Å². The van der Waals surface area contributed by atoms with Gasteiger partial charge in [0.2, 0.25) is 11.1 Å². The molecule has 1 aromatic rings. The van der Waals surface area contributed by atoms with Gasteiger partial charge in [-0.1, -0.05) is 11.8 Å². The summed E-state index contributed by atoms with van der Waals surface area (Å²) < 4.78 is 1.55. The fraction of sp³-hybridized carbons (Fsp3) is 0.667. The van der Waals surface area contributed by atoms with Gasteiger partial charge in [0.25, 0.3) is 0 Å². The number of carboxylic acids is 1. The van der Waals surface area contributed by atoms with Crippen LogP contribution in [-0.2, 0) is 16.6 Å². The van der Waals surface area contributed by atoms with E-state index in [-0.39, 0.29) is 12.3 Å². The number of carboxylic acid groups (broad SMARTS) is 1. The Bertz CT molecular complexity index is 463. The van der Waals surface area contributed by atoms with Crippen molar-refractivity contribution in [1.29, 1.82) is 0 Å². The number of aliphatic carboxylic acids is 1. The summed E-state index contributed by atoms with van der Waals surface area (Å²) in [5.41, 5.74) is 0. The molecule has 0 saturated carbocycles. The van der Waals surface area contributed by atoms with Gasteiger partial charge >= 0.3 is 5.97 Å². The first-order valence-electron chi connectivity index (χ1n) is 5.43. The highest BCUT2D eigenvalue weighted by Crippen LogP contribution is 2.19. The highest BCUT2D eigenvalue weighted by Gasteiger charge is 2.33. The molecule has 0 bridgehead atoms. The molecule has 8 nitrogen and oxygen atoms in total. The van der Waals surface area contributed by atoms with Crippen LogP contribution in [0.1, 0.15) is 6.42 Å². The van der Waals surface area contributed by atoms with Gasteiger partial charge in [-0.3, -0.25) is 9.59 Å². The molecule has 98 valence electrons. The smallest absolute Gasteiger partial charge is 0.308 e. The largest absolute Gasteiger partial charge is 0.481 e. The normalized spacial score (nSPS) is 19.5. The van der Waals surface area contributed by atoms with Gasteiger partial charge in [-0.05, 0) is 10.4 Å². The molecule has 18 heavy (non-hydrogen) atoms. The average Bonchev–Trinajstić information content (AvgIpc) is 2.87. The van der Waals surface area contributed by atoms with Crippen LogP contribution in [-0.4, -0.2) is 60.9 Å². The summed E-state index contributed by atoms with van der Waals surface area (Å²) in [5.74, 6) is -0.930. The number of likely N-dealkylation sites (tertiary alicyclic amines) is 1. The lowest BCUT2D eigenvalue weighted by molar-refractivity contribution is -0.141. The molecule has 0 unspecified atom stereocenters. The second-order valence-electron chi connectivity index (χ2n) is 4.01. The molecule has 1 fully saturated rings. The number of nitrogens with zero attached hydrogens (tertiary/aromatic N) is 5. The summed E-state index contributed by atoms with van der Waals surface area (Å²) in [4.78, 5) is 23.9. The number of aromatic nitrogens is 4. The Morgan fingerprint density at radius 2 is 2.39 bits per heavy atom. The summed E-state index contributed by atoms with van der Waals surface area (Å²) in [6.07, 6.45) is 0.103. The van der Waals surface area contributed by atoms with Gasteiger partial charge in [0.15, 0.2) is 0 Å². The fourth-order valence-electron chi connectivity index (χ4n) is 1.74. The quantitative estimate of drug-likeness (QED) is 0.702. The van der Waals surface area contributed by atoms with Crippen LogP contribution in [0.15, 0.2) is 5.16 Å². The van der Waals surface area contributed by atoms with Crippen LogP contribution in [0.3, 0.4) is 0 Å². The zero-order valence-corrected chi connectivity index (χ0v) is 10.6. The van der Waals surface area contributed by atoms with Crippen LogP contribution in [0.25, 0.3) is 0 Å². The van der Waals surface area contributed by atoms with E-state index in [9.17, 15) is 9.59 Å². The molecular weight excluding hydrogens is 258 g/mol. The molecule has 1 amide bonds. The fourth-order valence-corrected chi connectivity index (χ4v) is 2.56. The van der Waals surface area contributed by atoms with Crippen LogP contribution in [0.5, 0.6) is 0 Å². The van der Waals surface area contributed by atoms with E-state index < -0.39 is 11.9 Å². The molecule has 1 aliphatic rings. The minimum Gasteiger partial charge on any atom is -0.481 e. The van der Waals surface area contributed by atoms with Crippen molar-refractivity contribution in [2.45, 2.75) is 11.6 Å². The highest BCUT2D eigenvalue weighted by molar-refractivity contribution is 7.99. The van der Waals surface area contributed by atoms with E-state index in [0.29, 0.717) is 24.0 Å². The molecule has 1 aliphatic heterocycles. The van der Waals surface area contributed by atoms with Gasteiger partial charge in [-0.2, -0.15) is 0 Å². The Morgan fingerprint density at radius 1 is 1.61 bits per heavy atom. The number of aryl methyl sites for hydroxylation is 1. The first-order chi connectivity index (χ1) is 8.58. The minimum atomic E-state index is -0.906. The predicted molar refractivity (Wildman–Crippen MR) is 61.8 cm³/mol. The molecule has 1 saturated heterocycles.